The Labute approximate surface area is 162 Å². The molecule has 27 heavy (non-hydrogen) atoms. The van der Waals surface area contributed by atoms with Gasteiger partial charge >= 0.3 is 0 Å². The lowest BCUT2D eigenvalue weighted by Gasteiger charge is -2.29. The number of amides is 1. The molecule has 1 atom stereocenters. The molecule has 1 amide bonds. The van der Waals surface area contributed by atoms with Crippen molar-refractivity contribution < 1.29 is 18.1 Å². The van der Waals surface area contributed by atoms with Crippen LogP contribution in [0.1, 0.15) is 12.5 Å². The minimum atomic E-state index is -3.90. The summed E-state index contributed by atoms with van der Waals surface area (Å²) in [6, 6.07) is 9.04. The quantitative estimate of drug-likeness (QED) is 0.579. The highest BCUT2D eigenvalue weighted by molar-refractivity contribution is 7.92. The molecular weight excluding hydrogens is 394 g/mol. The Hall–Kier alpha value is -2.65. The van der Waals surface area contributed by atoms with Crippen LogP contribution in [0, 0.1) is 17.0 Å². The second-order valence-electron chi connectivity index (χ2n) is 5.96. The molecule has 0 spiro atoms. The van der Waals surface area contributed by atoms with Gasteiger partial charge in [-0.2, -0.15) is 0 Å². The van der Waals surface area contributed by atoms with E-state index in [4.69, 9.17) is 11.6 Å². The van der Waals surface area contributed by atoms with Crippen LogP contribution >= 0.6 is 11.6 Å². The van der Waals surface area contributed by atoms with E-state index in [0.717, 1.165) is 16.6 Å². The number of halogens is 1. The molecule has 144 valence electrons. The highest BCUT2D eigenvalue weighted by atomic mass is 35.5. The van der Waals surface area contributed by atoms with Crippen LogP contribution in [0.4, 0.5) is 17.1 Å². The molecule has 2 aromatic carbocycles. The average molecular weight is 412 g/mol. The molecule has 0 aromatic heterocycles. The van der Waals surface area contributed by atoms with Gasteiger partial charge in [-0.1, -0.05) is 17.7 Å². The van der Waals surface area contributed by atoms with E-state index in [1.807, 2.05) is 0 Å². The van der Waals surface area contributed by atoms with Crippen molar-refractivity contribution in [1.82, 2.24) is 0 Å². The highest BCUT2D eigenvalue weighted by Gasteiger charge is 2.31. The van der Waals surface area contributed by atoms with E-state index >= 15 is 0 Å². The lowest BCUT2D eigenvalue weighted by molar-refractivity contribution is -0.384. The van der Waals surface area contributed by atoms with Crippen LogP contribution in [0.25, 0.3) is 0 Å². The Morgan fingerprint density at radius 1 is 1.22 bits per heavy atom. The molecule has 0 aliphatic carbocycles. The number of nitro groups is 1. The topological polar surface area (TPSA) is 110 Å². The lowest BCUT2D eigenvalue weighted by Crippen LogP contribution is -2.45. The molecule has 0 unspecified atom stereocenters. The van der Waals surface area contributed by atoms with E-state index in [1.165, 1.54) is 19.1 Å². The van der Waals surface area contributed by atoms with Gasteiger partial charge < -0.3 is 5.32 Å². The van der Waals surface area contributed by atoms with Crippen molar-refractivity contribution in [3.8, 4) is 0 Å². The number of aryl methyl sites for hydroxylation is 1. The maximum Gasteiger partial charge on any atom is 0.271 e. The third kappa shape index (κ3) is 4.95. The molecule has 0 bridgehead atoms. The smallest absolute Gasteiger partial charge is 0.271 e. The van der Waals surface area contributed by atoms with E-state index in [1.54, 1.807) is 31.2 Å². The van der Waals surface area contributed by atoms with Crippen molar-refractivity contribution in [2.45, 2.75) is 19.9 Å². The average Bonchev–Trinajstić information content (AvgIpc) is 2.57. The van der Waals surface area contributed by atoms with Gasteiger partial charge in [0.2, 0.25) is 15.9 Å². The third-order valence-electron chi connectivity index (χ3n) is 3.84. The second kappa shape index (κ2) is 7.93. The standard InChI is InChI=1S/C17H18ClN3O5S/c1-11-4-9-15(21(23)24)10-16(11)20(27(3,25)26)12(2)17(22)19-14-7-5-13(18)6-8-14/h4-10,12H,1-3H3,(H,19,22)/t12-/m1/s1. The first kappa shape index (κ1) is 20.7. The summed E-state index contributed by atoms with van der Waals surface area (Å²) in [6.07, 6.45) is 0.942. The summed E-state index contributed by atoms with van der Waals surface area (Å²) in [6.45, 7) is 3.02. The van der Waals surface area contributed by atoms with Crippen LogP contribution in [0.3, 0.4) is 0 Å². The van der Waals surface area contributed by atoms with E-state index < -0.39 is 26.9 Å². The number of hydrogen-bond donors (Lipinski definition) is 1. The first-order valence-corrected chi connectivity index (χ1v) is 10.0. The number of nitrogens with one attached hydrogen (secondary N) is 1. The normalized spacial score (nSPS) is 12.3. The number of nitrogens with zero attached hydrogens (tertiary/aromatic N) is 2. The van der Waals surface area contributed by atoms with Crippen molar-refractivity contribution in [1.29, 1.82) is 0 Å². The molecule has 0 saturated heterocycles. The Balaban J connectivity index is 2.42. The summed E-state index contributed by atoms with van der Waals surface area (Å²) in [5.74, 6) is -0.589. The number of non-ortho nitro benzene ring substituents is 1. The number of benzene rings is 2. The van der Waals surface area contributed by atoms with Gasteiger partial charge in [-0.05, 0) is 43.7 Å². The predicted octanol–water partition coefficient (Wildman–Crippen LogP) is 3.35. The van der Waals surface area contributed by atoms with Crippen molar-refractivity contribution in [3.05, 3.63) is 63.2 Å². The highest BCUT2D eigenvalue weighted by Crippen LogP contribution is 2.29. The number of carbonyl (C=O) groups is 1. The zero-order valence-corrected chi connectivity index (χ0v) is 16.4. The maximum absolute atomic E-state index is 12.6. The zero-order chi connectivity index (χ0) is 20.4. The van der Waals surface area contributed by atoms with Crippen LogP contribution in [0.2, 0.25) is 5.02 Å². The molecule has 10 heteroatoms. The van der Waals surface area contributed by atoms with Crippen LogP contribution in [0.15, 0.2) is 42.5 Å². The molecule has 0 aliphatic rings. The molecule has 1 N–H and O–H groups in total. The zero-order valence-electron chi connectivity index (χ0n) is 14.8. The fourth-order valence-corrected chi connectivity index (χ4v) is 3.86. The first-order chi connectivity index (χ1) is 12.5. The van der Waals surface area contributed by atoms with Gasteiger partial charge in [0.05, 0.1) is 16.9 Å². The Kier molecular flexibility index (Phi) is 6.07. The van der Waals surface area contributed by atoms with Crippen molar-refractivity contribution in [3.63, 3.8) is 0 Å². The van der Waals surface area contributed by atoms with Crippen molar-refractivity contribution in [2.24, 2.45) is 0 Å². The summed E-state index contributed by atoms with van der Waals surface area (Å²) in [5.41, 5.74) is 0.734. The van der Waals surface area contributed by atoms with Crippen LogP contribution in [0.5, 0.6) is 0 Å². The summed E-state index contributed by atoms with van der Waals surface area (Å²) in [4.78, 5) is 23.0. The summed E-state index contributed by atoms with van der Waals surface area (Å²) < 4.78 is 25.6. The predicted molar refractivity (Wildman–Crippen MR) is 105 cm³/mol. The fourth-order valence-electron chi connectivity index (χ4n) is 2.51. The van der Waals surface area contributed by atoms with E-state index in [-0.39, 0.29) is 11.4 Å². The van der Waals surface area contributed by atoms with Gasteiger partial charge in [0.1, 0.15) is 6.04 Å². The molecule has 0 heterocycles. The van der Waals surface area contributed by atoms with Crippen LogP contribution in [-0.2, 0) is 14.8 Å². The molecular formula is C17H18ClN3O5S. The lowest BCUT2D eigenvalue weighted by atomic mass is 10.1. The number of rotatable bonds is 6. The molecule has 0 aliphatic heterocycles. The number of sulfonamides is 1. The molecule has 0 radical (unpaired) electrons. The maximum atomic E-state index is 12.6. The van der Waals surface area contributed by atoms with Gasteiger partial charge in [-0.25, -0.2) is 8.42 Å². The van der Waals surface area contributed by atoms with E-state index in [0.29, 0.717) is 16.3 Å². The Morgan fingerprint density at radius 3 is 2.33 bits per heavy atom. The number of nitro benzene ring substituents is 1. The van der Waals surface area contributed by atoms with E-state index in [2.05, 4.69) is 5.32 Å². The van der Waals surface area contributed by atoms with E-state index in [9.17, 15) is 23.3 Å². The van der Waals surface area contributed by atoms with Gasteiger partial charge in [0, 0.05) is 22.8 Å². The molecule has 2 rings (SSSR count). The third-order valence-corrected chi connectivity index (χ3v) is 5.32. The second-order valence-corrected chi connectivity index (χ2v) is 8.25. The fraction of sp³-hybridized carbons (Fsp3) is 0.235. The van der Waals surface area contributed by atoms with Crippen LogP contribution < -0.4 is 9.62 Å². The monoisotopic (exact) mass is 411 g/mol. The van der Waals surface area contributed by atoms with Gasteiger partial charge in [0.25, 0.3) is 5.69 Å². The van der Waals surface area contributed by atoms with Gasteiger partial charge in [0.15, 0.2) is 0 Å². The first-order valence-electron chi connectivity index (χ1n) is 7.81. The van der Waals surface area contributed by atoms with Gasteiger partial charge in [-0.15, -0.1) is 0 Å². The summed E-state index contributed by atoms with van der Waals surface area (Å²) >= 11 is 5.80. The number of anilines is 2. The Bertz CT molecular complexity index is 977. The number of hydrogen-bond acceptors (Lipinski definition) is 5. The van der Waals surface area contributed by atoms with Crippen LogP contribution in [-0.4, -0.2) is 31.5 Å². The minimum absolute atomic E-state index is 0.0745. The SMILES string of the molecule is Cc1ccc([N+](=O)[O-])cc1N([C@H](C)C(=O)Nc1ccc(Cl)cc1)S(C)(=O)=O. The minimum Gasteiger partial charge on any atom is -0.324 e. The largest absolute Gasteiger partial charge is 0.324 e. The summed E-state index contributed by atoms with van der Waals surface area (Å²) in [5, 5.41) is 14.2. The molecule has 8 nitrogen and oxygen atoms in total. The summed E-state index contributed by atoms with van der Waals surface area (Å²) in [7, 11) is -3.90. The number of carbonyl (C=O) groups excluding carboxylic acids is 1. The van der Waals surface area contributed by atoms with Crippen molar-refractivity contribution >= 4 is 44.6 Å². The Morgan fingerprint density at radius 2 is 1.81 bits per heavy atom. The van der Waals surface area contributed by atoms with Crippen molar-refractivity contribution in [2.75, 3.05) is 15.9 Å². The van der Waals surface area contributed by atoms with Gasteiger partial charge in [-0.3, -0.25) is 19.2 Å². The molecule has 2 aromatic rings. The molecule has 0 saturated carbocycles. The molecule has 0 fully saturated rings.